The molecule has 1 saturated carbocycles. The van der Waals surface area contributed by atoms with E-state index >= 15 is 0 Å². The fraction of sp³-hybridized carbons (Fsp3) is 0.500. The molecule has 15 nitrogen and oxygen atoms in total. The van der Waals surface area contributed by atoms with Crippen LogP contribution in [-0.2, 0) is 9.59 Å². The van der Waals surface area contributed by atoms with E-state index in [2.05, 4.69) is 24.7 Å². The van der Waals surface area contributed by atoms with Crippen molar-refractivity contribution in [1.82, 2.24) is 24.7 Å². The van der Waals surface area contributed by atoms with E-state index in [1.807, 2.05) is 39.8 Å². The Morgan fingerprint density at radius 1 is 0.900 bits per heavy atom. The van der Waals surface area contributed by atoms with E-state index in [0.29, 0.717) is 34.4 Å². The first-order valence-corrected chi connectivity index (χ1v) is 21.0. The predicted octanol–water partition coefficient (Wildman–Crippen LogP) is 4.44. The van der Waals surface area contributed by atoms with Gasteiger partial charge >= 0.3 is 0 Å². The Balaban J connectivity index is 0.884. The third-order valence-electron chi connectivity index (χ3n) is 13.4. The maximum atomic E-state index is 14.4. The number of nitrogens with two attached hydrogens (primary N) is 1. The Bertz CT molecular complexity index is 2310. The van der Waals surface area contributed by atoms with Gasteiger partial charge in [0.15, 0.2) is 0 Å². The summed E-state index contributed by atoms with van der Waals surface area (Å²) >= 11 is 6.28. The van der Waals surface area contributed by atoms with Gasteiger partial charge in [-0.15, -0.1) is 0 Å². The number of aryl methyl sites for hydroxylation is 1. The van der Waals surface area contributed by atoms with Crippen LogP contribution in [0.1, 0.15) is 95.7 Å². The number of hydrogen-bond acceptors (Lipinski definition) is 12. The average molecular weight is 836 g/mol. The zero-order chi connectivity index (χ0) is 42.8. The van der Waals surface area contributed by atoms with Gasteiger partial charge in [-0.3, -0.25) is 38.7 Å². The van der Waals surface area contributed by atoms with Crippen LogP contribution in [0.3, 0.4) is 0 Å². The first-order chi connectivity index (χ1) is 28.5. The molecule has 0 bridgehead atoms. The number of imide groups is 2. The Labute approximate surface area is 354 Å². The minimum atomic E-state index is -1.11. The number of amides is 5. The molecule has 60 heavy (non-hydrogen) atoms. The first-order valence-electron chi connectivity index (χ1n) is 20.6. The molecular formula is C44H50ClN9O6. The van der Waals surface area contributed by atoms with Crippen LogP contribution in [0.5, 0.6) is 5.75 Å². The van der Waals surface area contributed by atoms with Crippen LogP contribution in [0.2, 0.25) is 5.02 Å². The normalized spacial score (nSPS) is 24.3. The fourth-order valence-corrected chi connectivity index (χ4v) is 10.8. The summed E-state index contributed by atoms with van der Waals surface area (Å²) in [7, 11) is 0. The van der Waals surface area contributed by atoms with Crippen molar-refractivity contribution in [3.05, 3.63) is 75.6 Å². The molecule has 5 heterocycles. The minimum absolute atomic E-state index is 0.0121. The molecule has 314 valence electrons. The number of carbonyl (C=O) groups is 5. The number of nitriles is 1. The average Bonchev–Trinajstić information content (AvgIpc) is 3.46. The van der Waals surface area contributed by atoms with Crippen molar-refractivity contribution in [2.45, 2.75) is 78.5 Å². The number of piperazine rings is 1. The van der Waals surface area contributed by atoms with Gasteiger partial charge in [0.25, 0.3) is 23.6 Å². The van der Waals surface area contributed by atoms with Crippen molar-refractivity contribution in [3.8, 4) is 11.8 Å². The van der Waals surface area contributed by atoms with Gasteiger partial charge in [-0.1, -0.05) is 39.3 Å². The number of benzene rings is 2. The molecule has 0 spiro atoms. The van der Waals surface area contributed by atoms with E-state index < -0.39 is 52.6 Å². The molecule has 5 amide bonds. The van der Waals surface area contributed by atoms with Crippen molar-refractivity contribution < 1.29 is 28.7 Å². The monoisotopic (exact) mass is 835 g/mol. The standard InChI is InChI=1S/C44H50ClN9O6/c1-25-32(36(47)56)23-48-42(49-25)52-14-12-26(13-15-52)24-50-16-18-51(19-17-50)28-7-9-30-31(20-28)38(58)53(37(30)57)34-10-11-35(55)54(39(34)59)40-43(2,3)41(44(40,4)5)60-29-8-6-27(22-46)33(45)21-29/h6-9,20-21,23,26,34,40-41H,10-19,24H2,1-5H3,(H2,47,56). The number of ether oxygens (including phenoxy) is 1. The van der Waals surface area contributed by atoms with Gasteiger partial charge in [-0.25, -0.2) is 9.97 Å². The number of aromatic nitrogens is 2. The molecule has 4 aliphatic heterocycles. The van der Waals surface area contributed by atoms with Gasteiger partial charge in [-0.05, 0) is 62.4 Å². The SMILES string of the molecule is Cc1nc(N2CCC(CN3CCN(c4ccc5c(c4)C(=O)N(C4CCC(=O)N(C6C(C)(C)C(Oc7ccc(C#N)c(Cl)c7)C6(C)C)C4=O)C5=O)CC3)CC2)ncc1C(N)=O. The summed E-state index contributed by atoms with van der Waals surface area (Å²) in [6.07, 6.45) is 3.16. The van der Waals surface area contributed by atoms with Crippen LogP contribution in [0.15, 0.2) is 42.6 Å². The fourth-order valence-electron chi connectivity index (χ4n) is 10.6. The lowest BCUT2D eigenvalue weighted by atomic mass is 9.48. The molecule has 8 rings (SSSR count). The minimum Gasteiger partial charge on any atom is -0.489 e. The number of rotatable bonds is 9. The summed E-state index contributed by atoms with van der Waals surface area (Å²) in [6.45, 7) is 15.4. The summed E-state index contributed by atoms with van der Waals surface area (Å²) < 4.78 is 6.40. The molecule has 2 aromatic carbocycles. The lowest BCUT2D eigenvalue weighted by molar-refractivity contribution is -0.216. The second-order valence-electron chi connectivity index (χ2n) is 17.9. The summed E-state index contributed by atoms with van der Waals surface area (Å²) in [5.41, 5.74) is 6.64. The summed E-state index contributed by atoms with van der Waals surface area (Å²) in [5.74, 6) is -0.855. The van der Waals surface area contributed by atoms with E-state index in [4.69, 9.17) is 22.1 Å². The summed E-state index contributed by atoms with van der Waals surface area (Å²) in [4.78, 5) is 85.7. The maximum Gasteiger partial charge on any atom is 0.262 e. The molecule has 2 N–H and O–H groups in total. The van der Waals surface area contributed by atoms with E-state index in [-0.39, 0.29) is 34.9 Å². The highest BCUT2D eigenvalue weighted by molar-refractivity contribution is 6.31. The molecule has 1 aromatic heterocycles. The van der Waals surface area contributed by atoms with Crippen molar-refractivity contribution in [1.29, 1.82) is 5.26 Å². The van der Waals surface area contributed by atoms with Gasteiger partial charge < -0.3 is 20.3 Å². The lowest BCUT2D eigenvalue weighted by Gasteiger charge is -2.65. The van der Waals surface area contributed by atoms with E-state index in [1.165, 1.54) is 11.1 Å². The lowest BCUT2D eigenvalue weighted by Crippen LogP contribution is -2.77. The van der Waals surface area contributed by atoms with Crippen LogP contribution in [0.25, 0.3) is 0 Å². The predicted molar refractivity (Wildman–Crippen MR) is 223 cm³/mol. The quantitative estimate of drug-likeness (QED) is 0.299. The second-order valence-corrected chi connectivity index (χ2v) is 18.3. The molecular weight excluding hydrogens is 786 g/mol. The third kappa shape index (κ3) is 7.03. The number of hydrogen-bond donors (Lipinski definition) is 1. The van der Waals surface area contributed by atoms with E-state index in [0.717, 1.165) is 69.2 Å². The number of fused-ring (bicyclic) bond motifs is 1. The Hall–Kier alpha value is -5.59. The molecule has 3 saturated heterocycles. The number of halogens is 1. The Morgan fingerprint density at radius 3 is 2.22 bits per heavy atom. The molecule has 16 heteroatoms. The third-order valence-corrected chi connectivity index (χ3v) is 13.7. The van der Waals surface area contributed by atoms with Crippen LogP contribution in [0, 0.1) is 35.0 Å². The molecule has 1 atom stereocenters. The number of primary amides is 1. The number of anilines is 2. The molecule has 4 fully saturated rings. The van der Waals surface area contributed by atoms with Crippen LogP contribution in [-0.4, -0.2) is 118 Å². The van der Waals surface area contributed by atoms with Crippen molar-refractivity contribution in [2.75, 3.05) is 55.6 Å². The number of carbonyl (C=O) groups excluding carboxylic acids is 5. The van der Waals surface area contributed by atoms with Crippen molar-refractivity contribution in [2.24, 2.45) is 22.5 Å². The van der Waals surface area contributed by atoms with E-state index in [9.17, 15) is 29.2 Å². The molecule has 1 aliphatic carbocycles. The molecule has 3 aromatic rings. The zero-order valence-electron chi connectivity index (χ0n) is 34.6. The van der Waals surface area contributed by atoms with Gasteiger partial charge in [0.2, 0.25) is 11.9 Å². The number of likely N-dealkylation sites (tertiary alicyclic amines) is 1. The topological polar surface area (TPSA) is 186 Å². The number of piperidine rings is 2. The van der Waals surface area contributed by atoms with Crippen LogP contribution >= 0.6 is 11.6 Å². The highest BCUT2D eigenvalue weighted by Gasteiger charge is 2.68. The smallest absolute Gasteiger partial charge is 0.262 e. The Morgan fingerprint density at radius 2 is 1.58 bits per heavy atom. The van der Waals surface area contributed by atoms with Crippen LogP contribution < -0.4 is 20.3 Å². The summed E-state index contributed by atoms with van der Waals surface area (Å²) in [5, 5.41) is 9.55. The molecule has 5 aliphatic rings. The molecule has 0 radical (unpaired) electrons. The highest BCUT2D eigenvalue weighted by Crippen LogP contribution is 2.58. The van der Waals surface area contributed by atoms with Crippen molar-refractivity contribution in [3.63, 3.8) is 0 Å². The summed E-state index contributed by atoms with van der Waals surface area (Å²) in [6, 6.07) is 10.5. The molecule has 1 unspecified atom stereocenters. The van der Waals surface area contributed by atoms with Gasteiger partial charge in [0.05, 0.1) is 39.0 Å². The largest absolute Gasteiger partial charge is 0.489 e. The first kappa shape index (κ1) is 41.2. The van der Waals surface area contributed by atoms with Gasteiger partial charge in [0, 0.05) is 81.0 Å². The van der Waals surface area contributed by atoms with E-state index in [1.54, 1.807) is 37.3 Å². The zero-order valence-corrected chi connectivity index (χ0v) is 35.4. The van der Waals surface area contributed by atoms with Crippen molar-refractivity contribution >= 4 is 52.8 Å². The second kappa shape index (κ2) is 15.5. The van der Waals surface area contributed by atoms with Gasteiger partial charge in [-0.2, -0.15) is 5.26 Å². The maximum absolute atomic E-state index is 14.4. The van der Waals surface area contributed by atoms with Gasteiger partial charge in [0.1, 0.15) is 24.0 Å². The number of nitrogens with zero attached hydrogens (tertiary/aromatic N) is 8. The van der Waals surface area contributed by atoms with Crippen LogP contribution in [0.4, 0.5) is 11.6 Å². The highest BCUT2D eigenvalue weighted by atomic mass is 35.5. The Kier molecular flexibility index (Phi) is 10.6.